The average molecular weight is 219 g/mol. The van der Waals surface area contributed by atoms with Crippen molar-refractivity contribution < 1.29 is 14.7 Å². The molecule has 14 heavy (non-hydrogen) atoms. The molecule has 0 aromatic heterocycles. The third kappa shape index (κ3) is 1.93. The second kappa shape index (κ2) is 4.31. The van der Waals surface area contributed by atoms with Gasteiger partial charge in [-0.15, -0.1) is 0 Å². The first-order valence-corrected chi connectivity index (χ1v) is 5.54. The fourth-order valence-electron chi connectivity index (χ4n) is 1.11. The van der Waals surface area contributed by atoms with Crippen LogP contribution in [0.2, 0.25) is 0 Å². The highest BCUT2D eigenvalue weighted by atomic mass is 32.2. The summed E-state index contributed by atoms with van der Waals surface area (Å²) >= 11 is 1.49. The third-order valence-corrected chi connectivity index (χ3v) is 4.27. The Morgan fingerprint density at radius 2 is 2.00 bits per heavy atom. The minimum atomic E-state index is -1.82. The van der Waals surface area contributed by atoms with Gasteiger partial charge in [0.15, 0.2) is 11.8 Å². The third-order valence-electron chi connectivity index (χ3n) is 2.98. The Morgan fingerprint density at radius 3 is 2.21 bits per heavy atom. The molecular weight excluding hydrogens is 202 g/mol. The summed E-state index contributed by atoms with van der Waals surface area (Å²) < 4.78 is 0. The number of carbonyl (C=O) groups is 2. The molecule has 0 fully saturated rings. The lowest BCUT2D eigenvalue weighted by Crippen LogP contribution is -2.63. The smallest absolute Gasteiger partial charge is 0.331 e. The van der Waals surface area contributed by atoms with E-state index >= 15 is 0 Å². The molecule has 0 saturated heterocycles. The molecule has 0 aromatic carbocycles. The molecule has 2 atom stereocenters. The Bertz CT molecular complexity index is 242. The van der Waals surface area contributed by atoms with Crippen LogP contribution in [0.25, 0.3) is 0 Å². The topological polar surface area (TPSA) is 80.4 Å². The maximum Gasteiger partial charge on any atom is 0.331 e. The van der Waals surface area contributed by atoms with Gasteiger partial charge in [0.1, 0.15) is 0 Å². The van der Waals surface area contributed by atoms with Crippen molar-refractivity contribution in [2.45, 2.75) is 31.6 Å². The lowest BCUT2D eigenvalue weighted by atomic mass is 9.71. The molecule has 82 valence electrons. The summed E-state index contributed by atoms with van der Waals surface area (Å²) in [6.07, 6.45) is 2.18. The summed E-state index contributed by atoms with van der Waals surface area (Å²) in [6, 6.07) is 0. The lowest BCUT2D eigenvalue weighted by molar-refractivity contribution is -0.150. The van der Waals surface area contributed by atoms with E-state index in [0.717, 1.165) is 0 Å². The van der Waals surface area contributed by atoms with Crippen molar-refractivity contribution in [1.29, 1.82) is 0 Å². The van der Waals surface area contributed by atoms with E-state index in [1.54, 1.807) is 13.8 Å². The zero-order valence-electron chi connectivity index (χ0n) is 8.90. The number of carbonyl (C=O) groups excluding carboxylic acids is 1. The summed E-state index contributed by atoms with van der Waals surface area (Å²) in [7, 11) is 0. The van der Waals surface area contributed by atoms with Gasteiger partial charge < -0.3 is 15.6 Å². The fourth-order valence-corrected chi connectivity index (χ4v) is 1.89. The van der Waals surface area contributed by atoms with E-state index in [-0.39, 0.29) is 5.25 Å². The largest absolute Gasteiger partial charge is 0.480 e. The average Bonchev–Trinajstić information content (AvgIpc) is 2.14. The Hall–Kier alpha value is -0.550. The molecule has 0 aliphatic rings. The molecular formula is C9H17NO3S. The summed E-state index contributed by atoms with van der Waals surface area (Å²) in [5, 5.41) is 8.93. The second-order valence-electron chi connectivity index (χ2n) is 3.89. The van der Waals surface area contributed by atoms with Gasteiger partial charge >= 0.3 is 5.97 Å². The van der Waals surface area contributed by atoms with Gasteiger partial charge in [0.2, 0.25) is 0 Å². The van der Waals surface area contributed by atoms with Gasteiger partial charge in [0.25, 0.3) is 0 Å². The molecule has 0 rings (SSSR count). The van der Waals surface area contributed by atoms with Crippen molar-refractivity contribution in [3.63, 3.8) is 0 Å². The van der Waals surface area contributed by atoms with Crippen molar-refractivity contribution in [1.82, 2.24) is 0 Å². The van der Waals surface area contributed by atoms with Gasteiger partial charge in [0, 0.05) is 10.7 Å². The summed E-state index contributed by atoms with van der Waals surface area (Å²) in [5.74, 6) is -1.28. The zero-order valence-corrected chi connectivity index (χ0v) is 9.72. The zero-order chi connectivity index (χ0) is 11.6. The van der Waals surface area contributed by atoms with E-state index in [0.29, 0.717) is 6.29 Å². The summed E-state index contributed by atoms with van der Waals surface area (Å²) in [5.41, 5.74) is 3.00. The van der Waals surface area contributed by atoms with Crippen molar-refractivity contribution >= 4 is 24.0 Å². The number of hydrogen-bond donors (Lipinski definition) is 2. The van der Waals surface area contributed by atoms with Crippen LogP contribution in [0.4, 0.5) is 0 Å². The number of aliphatic carboxylic acids is 1. The number of nitrogens with two attached hydrogens (primary N) is 1. The Kier molecular flexibility index (Phi) is 4.15. The molecule has 0 amide bonds. The van der Waals surface area contributed by atoms with E-state index in [9.17, 15) is 9.59 Å². The molecule has 0 bridgehead atoms. The van der Waals surface area contributed by atoms with Crippen molar-refractivity contribution in [3.8, 4) is 0 Å². The number of hydrogen-bond acceptors (Lipinski definition) is 4. The van der Waals surface area contributed by atoms with Crippen molar-refractivity contribution in [2.24, 2.45) is 11.1 Å². The molecule has 0 aromatic rings. The molecule has 0 radical (unpaired) electrons. The SMILES string of the molecule is CSC(C)C(C)(C)C(N)(C=O)C(=O)O. The first-order chi connectivity index (χ1) is 6.24. The van der Waals surface area contributed by atoms with Gasteiger partial charge in [-0.2, -0.15) is 11.8 Å². The highest BCUT2D eigenvalue weighted by Crippen LogP contribution is 2.37. The Labute approximate surface area is 88.2 Å². The molecule has 0 spiro atoms. The van der Waals surface area contributed by atoms with Crippen LogP contribution in [0, 0.1) is 5.41 Å². The molecule has 0 aliphatic carbocycles. The minimum Gasteiger partial charge on any atom is -0.480 e. The molecule has 2 unspecified atom stereocenters. The molecule has 5 heteroatoms. The van der Waals surface area contributed by atoms with Gasteiger partial charge in [-0.05, 0) is 6.26 Å². The Balaban J connectivity index is 5.20. The highest BCUT2D eigenvalue weighted by molar-refractivity contribution is 7.99. The lowest BCUT2D eigenvalue weighted by Gasteiger charge is -2.40. The van der Waals surface area contributed by atoms with E-state index in [1.807, 2.05) is 13.2 Å². The second-order valence-corrected chi connectivity index (χ2v) is 5.07. The number of rotatable bonds is 5. The van der Waals surface area contributed by atoms with Gasteiger partial charge in [-0.3, -0.25) is 0 Å². The van der Waals surface area contributed by atoms with Crippen LogP contribution in [-0.4, -0.2) is 34.4 Å². The number of aldehydes is 1. The molecule has 0 aliphatic heterocycles. The van der Waals surface area contributed by atoms with Crippen LogP contribution in [0.1, 0.15) is 20.8 Å². The van der Waals surface area contributed by atoms with Crippen molar-refractivity contribution in [3.05, 3.63) is 0 Å². The standard InChI is InChI=1S/C9H17NO3S/c1-6(14-4)8(2,3)9(10,5-11)7(12)13/h5-6H,10H2,1-4H3,(H,12,13). The first kappa shape index (κ1) is 13.4. The highest BCUT2D eigenvalue weighted by Gasteiger charge is 2.51. The molecule has 0 heterocycles. The quantitative estimate of drug-likeness (QED) is 0.526. The normalized spacial score (nSPS) is 18.4. The first-order valence-electron chi connectivity index (χ1n) is 4.25. The number of carboxylic acid groups (broad SMARTS) is 1. The van der Waals surface area contributed by atoms with E-state index in [1.165, 1.54) is 11.8 Å². The van der Waals surface area contributed by atoms with Gasteiger partial charge in [0.05, 0.1) is 0 Å². The van der Waals surface area contributed by atoms with Gasteiger partial charge in [-0.1, -0.05) is 20.8 Å². The number of thioether (sulfide) groups is 1. The van der Waals surface area contributed by atoms with Crippen LogP contribution < -0.4 is 5.73 Å². The van der Waals surface area contributed by atoms with E-state index < -0.39 is 16.9 Å². The molecule has 4 nitrogen and oxygen atoms in total. The van der Waals surface area contributed by atoms with E-state index in [2.05, 4.69) is 0 Å². The molecule has 3 N–H and O–H groups in total. The Morgan fingerprint density at radius 1 is 1.57 bits per heavy atom. The maximum absolute atomic E-state index is 11.0. The van der Waals surface area contributed by atoms with Crippen molar-refractivity contribution in [2.75, 3.05) is 6.26 Å². The predicted octanol–water partition coefficient (Wildman–Crippen LogP) is 0.745. The molecule has 0 saturated carbocycles. The monoisotopic (exact) mass is 219 g/mol. The fraction of sp³-hybridized carbons (Fsp3) is 0.778. The predicted molar refractivity (Wildman–Crippen MR) is 57.4 cm³/mol. The summed E-state index contributed by atoms with van der Waals surface area (Å²) in [6.45, 7) is 5.24. The maximum atomic E-state index is 11.0. The van der Waals surface area contributed by atoms with E-state index in [4.69, 9.17) is 10.8 Å². The number of carboxylic acids is 1. The minimum absolute atomic E-state index is 0.0196. The van der Waals surface area contributed by atoms with Crippen LogP contribution >= 0.6 is 11.8 Å². The van der Waals surface area contributed by atoms with Gasteiger partial charge in [-0.25, -0.2) is 4.79 Å². The van der Waals surface area contributed by atoms with Crippen LogP contribution in [-0.2, 0) is 9.59 Å². The van der Waals surface area contributed by atoms with Crippen LogP contribution in [0.3, 0.4) is 0 Å². The van der Waals surface area contributed by atoms with Crippen LogP contribution in [0.15, 0.2) is 0 Å². The van der Waals surface area contributed by atoms with Crippen LogP contribution in [0.5, 0.6) is 0 Å². The summed E-state index contributed by atoms with van der Waals surface area (Å²) in [4.78, 5) is 21.8.